The molecule has 0 saturated carbocycles. The van der Waals surface area contributed by atoms with E-state index in [0.717, 1.165) is 38.6 Å². The molecule has 1 aliphatic rings. The van der Waals surface area contributed by atoms with Gasteiger partial charge in [-0.2, -0.15) is 0 Å². The normalized spacial score (nSPS) is 14.1. The van der Waals surface area contributed by atoms with Crippen molar-refractivity contribution in [2.24, 2.45) is 0 Å². The molecule has 0 saturated heterocycles. The maximum absolute atomic E-state index is 12.8. The molecule has 0 bridgehead atoms. The summed E-state index contributed by atoms with van der Waals surface area (Å²) in [6, 6.07) is 1.94. The highest BCUT2D eigenvalue weighted by Crippen LogP contribution is 2.24. The first-order valence-corrected chi connectivity index (χ1v) is 7.93. The molecule has 0 fully saturated rings. The summed E-state index contributed by atoms with van der Waals surface area (Å²) < 4.78 is 7.25. The van der Waals surface area contributed by atoms with Gasteiger partial charge >= 0.3 is 0 Å². The fraction of sp³-hybridized carbons (Fsp3) is 0.533. The van der Waals surface area contributed by atoms with Crippen LogP contribution < -0.4 is 5.56 Å². The number of unbranched alkanes of at least 4 members (excludes halogenated alkanes) is 1. The third kappa shape index (κ3) is 2.72. The summed E-state index contributed by atoms with van der Waals surface area (Å²) in [4.78, 5) is 13.0. The molecule has 0 spiro atoms. The Hall–Kier alpha value is -1.69. The first kappa shape index (κ1) is 14.3. The summed E-state index contributed by atoms with van der Waals surface area (Å²) >= 11 is 4.91. The van der Waals surface area contributed by atoms with Crippen LogP contribution in [0.25, 0.3) is 11.5 Å². The standard InChI is InChI=1S/C15H19N3O2S/c1-2-3-8-18-12-7-5-4-6-10(12)9-11(14(18)19)13-16-17-15(21)20-13/h9H,2-8H2,1H3,(H,17,21). The average Bonchev–Trinajstić information content (AvgIpc) is 2.92. The van der Waals surface area contributed by atoms with E-state index in [4.69, 9.17) is 16.6 Å². The Labute approximate surface area is 128 Å². The number of nitrogens with one attached hydrogen (secondary N) is 1. The summed E-state index contributed by atoms with van der Waals surface area (Å²) in [5.74, 6) is 0.295. The number of aryl methyl sites for hydroxylation is 1. The van der Waals surface area contributed by atoms with E-state index in [1.807, 2.05) is 10.6 Å². The molecule has 1 N–H and O–H groups in total. The Morgan fingerprint density at radius 3 is 2.95 bits per heavy atom. The van der Waals surface area contributed by atoms with Crippen LogP contribution >= 0.6 is 12.2 Å². The highest BCUT2D eigenvalue weighted by atomic mass is 32.1. The van der Waals surface area contributed by atoms with E-state index in [1.54, 1.807) is 0 Å². The van der Waals surface area contributed by atoms with Gasteiger partial charge in [0.2, 0.25) is 0 Å². The van der Waals surface area contributed by atoms with Crippen molar-refractivity contribution in [2.45, 2.75) is 52.0 Å². The van der Waals surface area contributed by atoms with Crippen molar-refractivity contribution in [1.29, 1.82) is 0 Å². The van der Waals surface area contributed by atoms with Crippen LogP contribution in [-0.2, 0) is 19.4 Å². The van der Waals surface area contributed by atoms with Crippen LogP contribution in [-0.4, -0.2) is 14.8 Å². The van der Waals surface area contributed by atoms with Gasteiger partial charge in [-0.1, -0.05) is 13.3 Å². The third-order valence-corrected chi connectivity index (χ3v) is 4.18. The van der Waals surface area contributed by atoms with Crippen LogP contribution in [0.5, 0.6) is 0 Å². The molecule has 2 aromatic rings. The zero-order chi connectivity index (χ0) is 14.8. The third-order valence-electron chi connectivity index (χ3n) is 4.00. The minimum Gasteiger partial charge on any atom is -0.409 e. The van der Waals surface area contributed by atoms with Crippen molar-refractivity contribution in [1.82, 2.24) is 14.8 Å². The smallest absolute Gasteiger partial charge is 0.284 e. The van der Waals surface area contributed by atoms with E-state index in [0.29, 0.717) is 11.5 Å². The Morgan fingerprint density at radius 1 is 1.43 bits per heavy atom. The molecule has 5 nitrogen and oxygen atoms in total. The molecule has 0 amide bonds. The predicted octanol–water partition coefficient (Wildman–Crippen LogP) is 3.24. The lowest BCUT2D eigenvalue weighted by molar-refractivity contribution is 0.535. The van der Waals surface area contributed by atoms with Gasteiger partial charge in [-0.25, -0.2) is 5.10 Å². The van der Waals surface area contributed by atoms with Crippen molar-refractivity contribution >= 4 is 12.2 Å². The van der Waals surface area contributed by atoms with E-state index in [9.17, 15) is 4.79 Å². The SMILES string of the molecule is CCCCn1c2c(cc(-c3n[nH]c(=S)o3)c1=O)CCCC2. The Kier molecular flexibility index (Phi) is 4.05. The van der Waals surface area contributed by atoms with Gasteiger partial charge in [0, 0.05) is 12.2 Å². The molecule has 2 aromatic heterocycles. The van der Waals surface area contributed by atoms with Gasteiger partial charge in [-0.05, 0) is 56.0 Å². The van der Waals surface area contributed by atoms with Gasteiger partial charge in [0.1, 0.15) is 5.56 Å². The fourth-order valence-electron chi connectivity index (χ4n) is 2.93. The van der Waals surface area contributed by atoms with Crippen LogP contribution in [0.3, 0.4) is 0 Å². The lowest BCUT2D eigenvalue weighted by Gasteiger charge is -2.21. The zero-order valence-electron chi connectivity index (χ0n) is 12.1. The molecule has 0 aliphatic heterocycles. The predicted molar refractivity (Wildman–Crippen MR) is 82.9 cm³/mol. The molecule has 21 heavy (non-hydrogen) atoms. The quantitative estimate of drug-likeness (QED) is 0.881. The molecule has 0 aromatic carbocycles. The summed E-state index contributed by atoms with van der Waals surface area (Å²) in [5, 5.41) is 6.60. The molecule has 1 aliphatic carbocycles. The average molecular weight is 305 g/mol. The molecule has 0 unspecified atom stereocenters. The molecular formula is C15H19N3O2S. The number of rotatable bonds is 4. The molecule has 0 atom stereocenters. The fourth-order valence-corrected chi connectivity index (χ4v) is 3.06. The van der Waals surface area contributed by atoms with Crippen LogP contribution in [0.4, 0.5) is 0 Å². The van der Waals surface area contributed by atoms with Gasteiger partial charge in [-0.15, -0.1) is 5.10 Å². The monoisotopic (exact) mass is 305 g/mol. The highest BCUT2D eigenvalue weighted by Gasteiger charge is 2.20. The maximum Gasteiger partial charge on any atom is 0.284 e. The largest absolute Gasteiger partial charge is 0.409 e. The number of fused-ring (bicyclic) bond motifs is 1. The van der Waals surface area contributed by atoms with Crippen LogP contribution in [0.2, 0.25) is 0 Å². The van der Waals surface area contributed by atoms with E-state index >= 15 is 0 Å². The molecule has 6 heteroatoms. The second-order valence-corrected chi connectivity index (χ2v) is 5.84. The van der Waals surface area contributed by atoms with Crippen molar-refractivity contribution in [3.05, 3.63) is 32.5 Å². The first-order valence-electron chi connectivity index (χ1n) is 7.52. The summed E-state index contributed by atoms with van der Waals surface area (Å²) in [5.41, 5.74) is 2.93. The highest BCUT2D eigenvalue weighted by molar-refractivity contribution is 7.71. The van der Waals surface area contributed by atoms with E-state index < -0.39 is 0 Å². The Balaban J connectivity index is 2.17. The van der Waals surface area contributed by atoms with Gasteiger partial charge in [0.15, 0.2) is 0 Å². The summed E-state index contributed by atoms with van der Waals surface area (Å²) in [7, 11) is 0. The zero-order valence-corrected chi connectivity index (χ0v) is 13.0. The van der Waals surface area contributed by atoms with Gasteiger partial charge in [-0.3, -0.25) is 4.79 Å². The number of pyridine rings is 1. The maximum atomic E-state index is 12.8. The van der Waals surface area contributed by atoms with Crippen LogP contribution in [0.1, 0.15) is 43.9 Å². The first-order chi connectivity index (χ1) is 10.2. The van der Waals surface area contributed by atoms with Crippen molar-refractivity contribution < 1.29 is 4.42 Å². The van der Waals surface area contributed by atoms with Crippen molar-refractivity contribution in [3.8, 4) is 11.5 Å². The number of aromatic nitrogens is 3. The summed E-state index contributed by atoms with van der Waals surface area (Å²) in [6.07, 6.45) is 6.39. The number of H-pyrrole nitrogens is 1. The number of nitrogens with zero attached hydrogens (tertiary/aromatic N) is 2. The second-order valence-electron chi connectivity index (χ2n) is 5.47. The van der Waals surface area contributed by atoms with E-state index in [1.165, 1.54) is 17.7 Å². The lowest BCUT2D eigenvalue weighted by atomic mass is 9.94. The van der Waals surface area contributed by atoms with Gasteiger partial charge in [0.25, 0.3) is 16.3 Å². The number of hydrogen-bond donors (Lipinski definition) is 1. The molecular weight excluding hydrogens is 286 g/mol. The molecule has 3 rings (SSSR count). The molecule has 0 radical (unpaired) electrons. The van der Waals surface area contributed by atoms with Crippen LogP contribution in [0.15, 0.2) is 15.3 Å². The Bertz CT molecular complexity index is 757. The van der Waals surface area contributed by atoms with Gasteiger partial charge < -0.3 is 8.98 Å². The topological polar surface area (TPSA) is 63.8 Å². The summed E-state index contributed by atoms with van der Waals surface area (Å²) in [6.45, 7) is 2.89. The van der Waals surface area contributed by atoms with Crippen molar-refractivity contribution in [2.75, 3.05) is 0 Å². The second kappa shape index (κ2) is 5.97. The van der Waals surface area contributed by atoms with E-state index in [2.05, 4.69) is 17.1 Å². The minimum absolute atomic E-state index is 0.0191. The molecule has 112 valence electrons. The van der Waals surface area contributed by atoms with Crippen molar-refractivity contribution in [3.63, 3.8) is 0 Å². The van der Waals surface area contributed by atoms with E-state index in [-0.39, 0.29) is 10.4 Å². The van der Waals surface area contributed by atoms with Gasteiger partial charge in [0.05, 0.1) is 0 Å². The number of aromatic amines is 1. The Morgan fingerprint density at radius 2 is 2.24 bits per heavy atom. The lowest BCUT2D eigenvalue weighted by Crippen LogP contribution is -2.28. The molecule has 2 heterocycles. The minimum atomic E-state index is -0.0191. The number of hydrogen-bond acceptors (Lipinski definition) is 4. The van der Waals surface area contributed by atoms with Crippen LogP contribution in [0, 0.1) is 4.84 Å².